The highest BCUT2D eigenvalue weighted by molar-refractivity contribution is 8.00. The van der Waals surface area contributed by atoms with E-state index in [-0.39, 0.29) is 5.91 Å². The van der Waals surface area contributed by atoms with Crippen LogP contribution in [0.15, 0.2) is 29.2 Å². The van der Waals surface area contributed by atoms with Crippen LogP contribution in [-0.2, 0) is 17.6 Å². The van der Waals surface area contributed by atoms with Crippen molar-refractivity contribution in [3.63, 3.8) is 0 Å². The second-order valence-corrected chi connectivity index (χ2v) is 8.11. The number of rotatable bonds is 4. The summed E-state index contributed by atoms with van der Waals surface area (Å²) in [6, 6.07) is 10.4. The number of hydrogen-bond acceptors (Lipinski definition) is 4. The van der Waals surface area contributed by atoms with Crippen LogP contribution in [-0.4, -0.2) is 11.7 Å². The molecule has 1 heterocycles. The number of thioether (sulfide) groups is 1. The molecule has 1 amide bonds. The Bertz CT molecular complexity index is 789. The number of carbonyl (C=O) groups is 1. The molecule has 1 aromatic carbocycles. The first kappa shape index (κ1) is 17.1. The van der Waals surface area contributed by atoms with E-state index in [1.807, 2.05) is 31.2 Å². The summed E-state index contributed by atoms with van der Waals surface area (Å²) in [5, 5.41) is 13.2. The van der Waals surface area contributed by atoms with Crippen molar-refractivity contribution in [1.82, 2.24) is 0 Å². The van der Waals surface area contributed by atoms with E-state index in [2.05, 4.69) is 11.4 Å². The van der Waals surface area contributed by atoms with E-state index in [4.69, 9.17) is 0 Å². The lowest BCUT2D eigenvalue weighted by atomic mass is 10.1. The van der Waals surface area contributed by atoms with Gasteiger partial charge >= 0.3 is 0 Å². The summed E-state index contributed by atoms with van der Waals surface area (Å²) in [6.45, 7) is 2.05. The van der Waals surface area contributed by atoms with E-state index < -0.39 is 0 Å². The van der Waals surface area contributed by atoms with Gasteiger partial charge in [0, 0.05) is 9.77 Å². The molecule has 3 rings (SSSR count). The van der Waals surface area contributed by atoms with Crippen molar-refractivity contribution >= 4 is 34.0 Å². The Morgan fingerprint density at radius 1 is 1.29 bits per heavy atom. The van der Waals surface area contributed by atoms with E-state index >= 15 is 0 Å². The van der Waals surface area contributed by atoms with E-state index in [0.717, 1.165) is 29.2 Å². The van der Waals surface area contributed by atoms with E-state index in [1.54, 1.807) is 11.3 Å². The number of aryl methyl sites for hydroxylation is 2. The Labute approximate surface area is 151 Å². The third-order valence-electron chi connectivity index (χ3n) is 4.24. The summed E-state index contributed by atoms with van der Waals surface area (Å²) < 4.78 is 0. The van der Waals surface area contributed by atoms with Crippen LogP contribution in [0.5, 0.6) is 0 Å². The molecule has 0 atom stereocenters. The number of benzene rings is 1. The lowest BCUT2D eigenvalue weighted by Crippen LogP contribution is -2.14. The molecular weight excluding hydrogens is 336 g/mol. The molecule has 5 heteroatoms. The van der Waals surface area contributed by atoms with Crippen molar-refractivity contribution in [1.29, 1.82) is 5.26 Å². The molecule has 1 N–H and O–H groups in total. The lowest BCUT2D eigenvalue weighted by molar-refractivity contribution is -0.113. The van der Waals surface area contributed by atoms with Crippen LogP contribution in [0.2, 0.25) is 0 Å². The number of nitrogens with one attached hydrogen (secondary N) is 1. The minimum Gasteiger partial charge on any atom is -0.316 e. The maximum atomic E-state index is 12.3. The van der Waals surface area contributed by atoms with Gasteiger partial charge in [0.15, 0.2) is 0 Å². The summed E-state index contributed by atoms with van der Waals surface area (Å²) in [7, 11) is 0. The number of nitrogens with zero attached hydrogens (tertiary/aromatic N) is 1. The van der Waals surface area contributed by atoms with Gasteiger partial charge in [-0.15, -0.1) is 23.1 Å². The minimum absolute atomic E-state index is 0.0452. The first-order valence-electron chi connectivity index (χ1n) is 8.22. The Balaban J connectivity index is 1.69. The van der Waals surface area contributed by atoms with Crippen LogP contribution in [0.25, 0.3) is 0 Å². The van der Waals surface area contributed by atoms with Crippen molar-refractivity contribution in [2.24, 2.45) is 0 Å². The van der Waals surface area contributed by atoms with Crippen LogP contribution in [0.3, 0.4) is 0 Å². The standard InChI is InChI=1S/C19H20N2OS2/c1-13-7-5-6-9-16(13)23-12-18(22)21-19-15(11-20)14-8-3-2-4-10-17(14)24-19/h5-7,9H,2-4,8,10,12H2,1H3,(H,21,22). The molecule has 0 saturated heterocycles. The van der Waals surface area contributed by atoms with E-state index in [9.17, 15) is 10.1 Å². The molecule has 0 saturated carbocycles. The van der Waals surface area contributed by atoms with Crippen LogP contribution >= 0.6 is 23.1 Å². The van der Waals surface area contributed by atoms with Gasteiger partial charge in [-0.1, -0.05) is 24.6 Å². The second-order valence-electron chi connectivity index (χ2n) is 5.98. The highest BCUT2D eigenvalue weighted by atomic mass is 32.2. The average molecular weight is 357 g/mol. The summed E-state index contributed by atoms with van der Waals surface area (Å²) >= 11 is 3.13. The average Bonchev–Trinajstić information content (AvgIpc) is 2.74. The molecule has 3 nitrogen and oxygen atoms in total. The van der Waals surface area contributed by atoms with Crippen molar-refractivity contribution < 1.29 is 4.79 Å². The number of hydrogen-bond donors (Lipinski definition) is 1. The molecule has 0 spiro atoms. The molecule has 0 radical (unpaired) electrons. The van der Waals surface area contributed by atoms with Gasteiger partial charge in [0.05, 0.1) is 11.3 Å². The zero-order chi connectivity index (χ0) is 16.9. The monoisotopic (exact) mass is 356 g/mol. The highest BCUT2D eigenvalue weighted by Gasteiger charge is 2.20. The Morgan fingerprint density at radius 3 is 2.88 bits per heavy atom. The van der Waals surface area contributed by atoms with E-state index in [0.29, 0.717) is 11.3 Å². The first-order valence-corrected chi connectivity index (χ1v) is 10.0. The largest absolute Gasteiger partial charge is 0.316 e. The molecule has 0 fully saturated rings. The van der Waals surface area contributed by atoms with Crippen molar-refractivity contribution in [3.05, 3.63) is 45.8 Å². The van der Waals surface area contributed by atoms with Gasteiger partial charge in [0.2, 0.25) is 5.91 Å². The fourth-order valence-electron chi connectivity index (χ4n) is 2.97. The molecule has 2 aromatic rings. The quantitative estimate of drug-likeness (QED) is 0.624. The van der Waals surface area contributed by atoms with Gasteiger partial charge in [-0.2, -0.15) is 5.26 Å². The summed E-state index contributed by atoms with van der Waals surface area (Å²) in [5.41, 5.74) is 3.03. The van der Waals surface area contributed by atoms with Crippen molar-refractivity contribution in [2.45, 2.75) is 43.9 Å². The van der Waals surface area contributed by atoms with Crippen molar-refractivity contribution in [2.75, 3.05) is 11.1 Å². The number of anilines is 1. The molecular formula is C19H20N2OS2. The molecule has 1 aromatic heterocycles. The third-order valence-corrected chi connectivity index (χ3v) is 6.62. The Morgan fingerprint density at radius 2 is 2.08 bits per heavy atom. The van der Waals surface area contributed by atoms with Gasteiger partial charge in [-0.3, -0.25) is 4.79 Å². The number of amides is 1. The summed E-state index contributed by atoms with van der Waals surface area (Å²) in [5.74, 6) is 0.314. The van der Waals surface area contributed by atoms with Gasteiger partial charge in [-0.25, -0.2) is 0 Å². The predicted molar refractivity (Wildman–Crippen MR) is 101 cm³/mol. The second kappa shape index (κ2) is 7.87. The number of carbonyl (C=O) groups excluding carboxylic acids is 1. The zero-order valence-corrected chi connectivity index (χ0v) is 15.4. The van der Waals surface area contributed by atoms with Crippen LogP contribution < -0.4 is 5.32 Å². The third kappa shape index (κ3) is 3.82. The fraction of sp³-hybridized carbons (Fsp3) is 0.368. The predicted octanol–water partition coefficient (Wildman–Crippen LogP) is 4.93. The molecule has 124 valence electrons. The first-order chi connectivity index (χ1) is 11.7. The van der Waals surface area contributed by atoms with Crippen LogP contribution in [0.4, 0.5) is 5.00 Å². The fourth-order valence-corrected chi connectivity index (χ4v) is 5.06. The van der Waals surface area contributed by atoms with Gasteiger partial charge in [0.1, 0.15) is 11.1 Å². The smallest absolute Gasteiger partial charge is 0.235 e. The van der Waals surface area contributed by atoms with Crippen molar-refractivity contribution in [3.8, 4) is 6.07 Å². The molecule has 1 aliphatic carbocycles. The molecule has 0 aliphatic heterocycles. The van der Waals surface area contributed by atoms with Gasteiger partial charge in [0.25, 0.3) is 0 Å². The van der Waals surface area contributed by atoms with E-state index in [1.165, 1.54) is 40.6 Å². The minimum atomic E-state index is -0.0452. The SMILES string of the molecule is Cc1ccccc1SCC(=O)Nc1sc2c(c1C#N)CCCCC2. The maximum Gasteiger partial charge on any atom is 0.235 e. The summed E-state index contributed by atoms with van der Waals surface area (Å²) in [6.07, 6.45) is 5.52. The molecule has 24 heavy (non-hydrogen) atoms. The molecule has 0 unspecified atom stereocenters. The van der Waals surface area contributed by atoms with Crippen LogP contribution in [0, 0.1) is 18.3 Å². The molecule has 1 aliphatic rings. The lowest BCUT2D eigenvalue weighted by Gasteiger charge is -2.06. The van der Waals surface area contributed by atoms with Gasteiger partial charge < -0.3 is 5.32 Å². The Kier molecular flexibility index (Phi) is 5.60. The molecule has 0 bridgehead atoms. The normalized spacial score (nSPS) is 13.7. The number of thiophene rings is 1. The topological polar surface area (TPSA) is 52.9 Å². The van der Waals surface area contributed by atoms with Gasteiger partial charge in [-0.05, 0) is 49.8 Å². The maximum absolute atomic E-state index is 12.3. The highest BCUT2D eigenvalue weighted by Crippen LogP contribution is 2.37. The van der Waals surface area contributed by atoms with Crippen LogP contribution in [0.1, 0.15) is 40.8 Å². The summed E-state index contributed by atoms with van der Waals surface area (Å²) in [4.78, 5) is 14.7. The number of nitriles is 1. The number of fused-ring (bicyclic) bond motifs is 1. The Hall–Kier alpha value is -1.77. The zero-order valence-electron chi connectivity index (χ0n) is 13.7.